The van der Waals surface area contributed by atoms with Crippen molar-refractivity contribution in [2.24, 2.45) is 5.92 Å². The van der Waals surface area contributed by atoms with E-state index in [1.54, 1.807) is 0 Å². The highest BCUT2D eigenvalue weighted by atomic mass is 16.4. The fraction of sp³-hybridized carbons (Fsp3) is 0.867. The Bertz CT molecular complexity index is 371. The Hall–Kier alpha value is -1.30. The SMILES string of the molecule is CCN(CC1CCC1)C(=O)N1CCCN(CC(=O)O)CC1. The fourth-order valence-corrected chi connectivity index (χ4v) is 3.04. The van der Waals surface area contributed by atoms with Crippen molar-refractivity contribution in [3.05, 3.63) is 0 Å². The summed E-state index contributed by atoms with van der Waals surface area (Å²) in [6, 6.07) is 0.126. The molecule has 120 valence electrons. The molecule has 0 radical (unpaired) electrons. The molecular formula is C15H27N3O3. The van der Waals surface area contributed by atoms with Crippen LogP contribution in [-0.4, -0.2) is 77.6 Å². The van der Waals surface area contributed by atoms with Crippen LogP contribution in [0.3, 0.4) is 0 Å². The van der Waals surface area contributed by atoms with Crippen molar-refractivity contribution >= 4 is 12.0 Å². The molecule has 1 aliphatic carbocycles. The van der Waals surface area contributed by atoms with E-state index < -0.39 is 5.97 Å². The maximum atomic E-state index is 12.6. The minimum absolute atomic E-state index is 0.0710. The number of amides is 2. The minimum Gasteiger partial charge on any atom is -0.480 e. The van der Waals surface area contributed by atoms with Crippen molar-refractivity contribution in [2.45, 2.75) is 32.6 Å². The summed E-state index contributed by atoms with van der Waals surface area (Å²) in [6.07, 6.45) is 4.64. The number of nitrogens with zero attached hydrogens (tertiary/aromatic N) is 3. The van der Waals surface area contributed by atoms with Gasteiger partial charge in [-0.15, -0.1) is 0 Å². The average molecular weight is 297 g/mol. The molecule has 0 unspecified atom stereocenters. The predicted octanol–water partition coefficient (Wildman–Crippen LogP) is 1.32. The van der Waals surface area contributed by atoms with E-state index >= 15 is 0 Å². The summed E-state index contributed by atoms with van der Waals surface area (Å²) < 4.78 is 0. The number of hydrogen-bond acceptors (Lipinski definition) is 3. The largest absolute Gasteiger partial charge is 0.480 e. The lowest BCUT2D eigenvalue weighted by molar-refractivity contribution is -0.138. The molecule has 1 heterocycles. The van der Waals surface area contributed by atoms with Gasteiger partial charge in [0, 0.05) is 39.3 Å². The second-order valence-corrected chi connectivity index (χ2v) is 6.13. The topological polar surface area (TPSA) is 64.1 Å². The summed E-state index contributed by atoms with van der Waals surface area (Å²) in [5, 5.41) is 8.86. The van der Waals surface area contributed by atoms with E-state index in [4.69, 9.17) is 5.11 Å². The number of urea groups is 1. The Kier molecular flexibility index (Phi) is 5.85. The van der Waals surface area contributed by atoms with Gasteiger partial charge in [-0.25, -0.2) is 4.79 Å². The van der Waals surface area contributed by atoms with Crippen LogP contribution in [0.5, 0.6) is 0 Å². The van der Waals surface area contributed by atoms with Crippen LogP contribution in [0.15, 0.2) is 0 Å². The Balaban J connectivity index is 1.84. The first-order valence-corrected chi connectivity index (χ1v) is 8.08. The van der Waals surface area contributed by atoms with Crippen LogP contribution in [0.25, 0.3) is 0 Å². The number of rotatable bonds is 5. The first-order chi connectivity index (χ1) is 10.1. The average Bonchev–Trinajstić information content (AvgIpc) is 2.62. The molecule has 0 spiro atoms. The van der Waals surface area contributed by atoms with Gasteiger partial charge in [0.25, 0.3) is 0 Å². The Morgan fingerprint density at radius 1 is 1.14 bits per heavy atom. The monoisotopic (exact) mass is 297 g/mol. The minimum atomic E-state index is -0.796. The van der Waals surface area contributed by atoms with E-state index in [0.29, 0.717) is 19.0 Å². The number of carbonyl (C=O) groups is 2. The molecule has 2 fully saturated rings. The van der Waals surface area contributed by atoms with Gasteiger partial charge in [-0.3, -0.25) is 9.69 Å². The summed E-state index contributed by atoms with van der Waals surface area (Å²) in [4.78, 5) is 29.1. The third kappa shape index (κ3) is 4.59. The normalized spacial score (nSPS) is 20.7. The second-order valence-electron chi connectivity index (χ2n) is 6.13. The summed E-state index contributed by atoms with van der Waals surface area (Å²) >= 11 is 0. The molecule has 0 aromatic heterocycles. The molecule has 1 N–H and O–H groups in total. The lowest BCUT2D eigenvalue weighted by atomic mass is 9.85. The molecule has 0 aromatic carbocycles. The zero-order valence-electron chi connectivity index (χ0n) is 13.0. The predicted molar refractivity (Wildman–Crippen MR) is 80.2 cm³/mol. The number of aliphatic carboxylic acids is 1. The van der Waals surface area contributed by atoms with Crippen molar-refractivity contribution < 1.29 is 14.7 Å². The van der Waals surface area contributed by atoms with Crippen molar-refractivity contribution in [3.8, 4) is 0 Å². The number of carboxylic acids is 1. The third-order valence-electron chi connectivity index (χ3n) is 4.57. The van der Waals surface area contributed by atoms with Gasteiger partial charge in [-0.1, -0.05) is 6.42 Å². The molecular weight excluding hydrogens is 270 g/mol. The van der Waals surface area contributed by atoms with Gasteiger partial charge in [-0.2, -0.15) is 0 Å². The summed E-state index contributed by atoms with van der Waals surface area (Å²) in [5.74, 6) is -0.112. The molecule has 0 atom stereocenters. The smallest absolute Gasteiger partial charge is 0.320 e. The lowest BCUT2D eigenvalue weighted by Gasteiger charge is -2.35. The summed E-state index contributed by atoms with van der Waals surface area (Å²) in [5.41, 5.74) is 0. The molecule has 0 bridgehead atoms. The van der Waals surface area contributed by atoms with E-state index in [-0.39, 0.29) is 12.6 Å². The molecule has 2 amide bonds. The third-order valence-corrected chi connectivity index (χ3v) is 4.57. The standard InChI is InChI=1S/C15H27N3O3/c1-2-17(11-13-5-3-6-13)15(21)18-8-4-7-16(9-10-18)12-14(19)20/h13H,2-12H2,1H3,(H,19,20). The zero-order valence-corrected chi connectivity index (χ0v) is 13.0. The van der Waals surface area contributed by atoms with Crippen LogP contribution in [-0.2, 0) is 4.79 Å². The number of carboxylic acid groups (broad SMARTS) is 1. The molecule has 2 aliphatic rings. The van der Waals surface area contributed by atoms with Crippen LogP contribution in [0.4, 0.5) is 4.79 Å². The van der Waals surface area contributed by atoms with Crippen molar-refractivity contribution in [3.63, 3.8) is 0 Å². The van der Waals surface area contributed by atoms with Crippen LogP contribution in [0, 0.1) is 5.92 Å². The Morgan fingerprint density at radius 2 is 1.90 bits per heavy atom. The van der Waals surface area contributed by atoms with E-state index in [0.717, 1.165) is 32.6 Å². The maximum Gasteiger partial charge on any atom is 0.320 e. The van der Waals surface area contributed by atoms with Crippen LogP contribution in [0.1, 0.15) is 32.6 Å². The zero-order chi connectivity index (χ0) is 15.2. The van der Waals surface area contributed by atoms with Crippen molar-refractivity contribution in [1.29, 1.82) is 0 Å². The van der Waals surface area contributed by atoms with E-state index in [9.17, 15) is 9.59 Å². The van der Waals surface area contributed by atoms with E-state index in [1.807, 2.05) is 21.6 Å². The van der Waals surface area contributed by atoms with E-state index in [2.05, 4.69) is 0 Å². The lowest BCUT2D eigenvalue weighted by Crippen LogP contribution is -2.47. The highest BCUT2D eigenvalue weighted by Gasteiger charge is 2.27. The molecule has 1 aliphatic heterocycles. The van der Waals surface area contributed by atoms with E-state index in [1.165, 1.54) is 19.3 Å². The molecule has 0 aromatic rings. The highest BCUT2D eigenvalue weighted by Crippen LogP contribution is 2.27. The van der Waals surface area contributed by atoms with Gasteiger partial charge < -0.3 is 14.9 Å². The van der Waals surface area contributed by atoms with Crippen LogP contribution >= 0.6 is 0 Å². The number of carbonyl (C=O) groups excluding carboxylic acids is 1. The molecule has 6 nitrogen and oxygen atoms in total. The highest BCUT2D eigenvalue weighted by molar-refractivity contribution is 5.74. The van der Waals surface area contributed by atoms with Crippen molar-refractivity contribution in [2.75, 3.05) is 45.8 Å². The molecule has 2 rings (SSSR count). The van der Waals surface area contributed by atoms with Gasteiger partial charge in [0.2, 0.25) is 0 Å². The molecule has 6 heteroatoms. The quantitative estimate of drug-likeness (QED) is 0.831. The van der Waals surface area contributed by atoms with Crippen LogP contribution < -0.4 is 0 Å². The van der Waals surface area contributed by atoms with Crippen molar-refractivity contribution in [1.82, 2.24) is 14.7 Å². The Labute approximate surface area is 126 Å². The summed E-state index contributed by atoms with van der Waals surface area (Å²) in [7, 11) is 0. The summed E-state index contributed by atoms with van der Waals surface area (Å²) in [6.45, 7) is 6.51. The van der Waals surface area contributed by atoms with Crippen LogP contribution in [0.2, 0.25) is 0 Å². The number of hydrogen-bond donors (Lipinski definition) is 1. The Morgan fingerprint density at radius 3 is 2.48 bits per heavy atom. The molecule has 1 saturated carbocycles. The maximum absolute atomic E-state index is 12.6. The van der Waals surface area contributed by atoms with Gasteiger partial charge in [0.1, 0.15) is 0 Å². The first kappa shape index (κ1) is 16.1. The van der Waals surface area contributed by atoms with Gasteiger partial charge in [0.05, 0.1) is 6.54 Å². The van der Waals surface area contributed by atoms with Gasteiger partial charge in [0.15, 0.2) is 0 Å². The first-order valence-electron chi connectivity index (χ1n) is 8.08. The van der Waals surface area contributed by atoms with Gasteiger partial charge >= 0.3 is 12.0 Å². The fourth-order valence-electron chi connectivity index (χ4n) is 3.04. The van der Waals surface area contributed by atoms with Gasteiger partial charge in [-0.05, 0) is 32.1 Å². The molecule has 1 saturated heterocycles. The molecule has 21 heavy (non-hydrogen) atoms. The second kappa shape index (κ2) is 7.64.